The van der Waals surface area contributed by atoms with Crippen LogP contribution in [0.2, 0.25) is 0 Å². The van der Waals surface area contributed by atoms with E-state index in [0.717, 1.165) is 5.69 Å². The van der Waals surface area contributed by atoms with Gasteiger partial charge >= 0.3 is 0 Å². The minimum Gasteiger partial charge on any atom is -0.481 e. The molecule has 1 N–H and O–H groups in total. The molecule has 0 aliphatic carbocycles. The molecule has 20 heavy (non-hydrogen) atoms. The van der Waals surface area contributed by atoms with Crippen LogP contribution in [0.3, 0.4) is 0 Å². The lowest BCUT2D eigenvalue weighted by Crippen LogP contribution is -2.26. The Balaban J connectivity index is 2.13. The van der Waals surface area contributed by atoms with Crippen molar-refractivity contribution >= 4 is 27.5 Å². The van der Waals surface area contributed by atoms with Gasteiger partial charge in [-0.25, -0.2) is 0 Å². The Morgan fingerprint density at radius 3 is 2.75 bits per heavy atom. The Morgan fingerprint density at radius 1 is 1.50 bits per heavy atom. The lowest BCUT2D eigenvalue weighted by molar-refractivity contribution is 0.0987. The topological polar surface area (TPSA) is 58.2 Å². The Morgan fingerprint density at radius 2 is 2.20 bits per heavy atom. The zero-order valence-electron chi connectivity index (χ0n) is 10.8. The van der Waals surface area contributed by atoms with E-state index >= 15 is 0 Å². The zero-order valence-corrected chi connectivity index (χ0v) is 12.3. The molecule has 2 rings (SSSR count). The molecule has 1 amide bonds. The summed E-state index contributed by atoms with van der Waals surface area (Å²) in [6, 6.07) is 7.10. The van der Waals surface area contributed by atoms with E-state index in [2.05, 4.69) is 32.0 Å². The van der Waals surface area contributed by atoms with Crippen LogP contribution in [0.25, 0.3) is 0 Å². The molecule has 2 aromatic rings. The molecule has 0 unspecified atom stereocenters. The summed E-state index contributed by atoms with van der Waals surface area (Å²) in [6.07, 6.45) is 6.66. The highest BCUT2D eigenvalue weighted by atomic mass is 79.9. The van der Waals surface area contributed by atoms with Crippen molar-refractivity contribution in [3.63, 3.8) is 0 Å². The number of amides is 1. The van der Waals surface area contributed by atoms with Gasteiger partial charge in [-0.1, -0.05) is 5.92 Å². The van der Waals surface area contributed by atoms with Crippen molar-refractivity contribution in [3.05, 3.63) is 40.6 Å². The van der Waals surface area contributed by atoms with Crippen molar-refractivity contribution in [2.45, 2.75) is 0 Å². The molecule has 0 saturated heterocycles. The lowest BCUT2D eigenvalue weighted by atomic mass is 10.2. The van der Waals surface area contributed by atoms with Crippen LogP contribution in [0.4, 0.5) is 5.69 Å². The van der Waals surface area contributed by atoms with Gasteiger partial charge in [-0.05, 0) is 40.2 Å². The van der Waals surface area contributed by atoms with Gasteiger partial charge in [0.25, 0.3) is 5.91 Å². The number of halogens is 1. The normalized spacial score (nSPS) is 9.85. The Kier molecular flexibility index (Phi) is 4.43. The first-order valence-corrected chi connectivity index (χ1v) is 6.56. The van der Waals surface area contributed by atoms with Gasteiger partial charge < -0.3 is 9.64 Å². The SMILES string of the molecule is C#CCOc1ccc(N(C)C(=O)c2[nH]ncc2Br)cc1. The summed E-state index contributed by atoms with van der Waals surface area (Å²) in [5.74, 6) is 2.87. The second-order valence-corrected chi connectivity index (χ2v) is 4.80. The number of rotatable bonds is 4. The van der Waals surface area contributed by atoms with Crippen molar-refractivity contribution in [1.29, 1.82) is 0 Å². The van der Waals surface area contributed by atoms with E-state index in [1.807, 2.05) is 0 Å². The van der Waals surface area contributed by atoms with Gasteiger partial charge in [-0.15, -0.1) is 6.42 Å². The molecule has 6 heteroatoms. The lowest BCUT2D eigenvalue weighted by Gasteiger charge is -2.17. The van der Waals surface area contributed by atoms with Crippen LogP contribution in [0, 0.1) is 12.3 Å². The van der Waals surface area contributed by atoms with Crippen molar-refractivity contribution in [1.82, 2.24) is 10.2 Å². The van der Waals surface area contributed by atoms with Gasteiger partial charge in [0, 0.05) is 12.7 Å². The molecule has 0 aliphatic heterocycles. The minimum atomic E-state index is -0.188. The van der Waals surface area contributed by atoms with Gasteiger partial charge in [0.05, 0.1) is 10.7 Å². The summed E-state index contributed by atoms with van der Waals surface area (Å²) in [7, 11) is 1.69. The number of benzene rings is 1. The van der Waals surface area contributed by atoms with Gasteiger partial charge in [-0.3, -0.25) is 9.89 Å². The zero-order chi connectivity index (χ0) is 14.5. The van der Waals surface area contributed by atoms with Crippen molar-refractivity contribution < 1.29 is 9.53 Å². The van der Waals surface area contributed by atoms with E-state index in [-0.39, 0.29) is 12.5 Å². The summed E-state index contributed by atoms with van der Waals surface area (Å²) in [4.78, 5) is 13.8. The van der Waals surface area contributed by atoms with Gasteiger partial charge in [0.1, 0.15) is 18.1 Å². The van der Waals surface area contributed by atoms with Crippen LogP contribution < -0.4 is 9.64 Å². The third-order valence-corrected chi connectivity index (χ3v) is 3.26. The highest BCUT2D eigenvalue weighted by Crippen LogP contribution is 2.21. The Labute approximate surface area is 125 Å². The average Bonchev–Trinajstić information content (AvgIpc) is 2.90. The van der Waals surface area contributed by atoms with Crippen LogP contribution in [-0.2, 0) is 0 Å². The van der Waals surface area contributed by atoms with Crippen LogP contribution >= 0.6 is 15.9 Å². The monoisotopic (exact) mass is 333 g/mol. The summed E-state index contributed by atoms with van der Waals surface area (Å²) in [5, 5.41) is 6.47. The maximum atomic E-state index is 12.3. The average molecular weight is 334 g/mol. The predicted octanol–water partition coefficient (Wildman–Crippen LogP) is 2.46. The van der Waals surface area contributed by atoms with Gasteiger partial charge in [0.2, 0.25) is 0 Å². The predicted molar refractivity (Wildman–Crippen MR) is 79.8 cm³/mol. The quantitative estimate of drug-likeness (QED) is 0.874. The number of H-pyrrole nitrogens is 1. The Bertz CT molecular complexity index is 643. The van der Waals surface area contributed by atoms with E-state index in [1.165, 1.54) is 11.1 Å². The molecule has 0 aliphatic rings. The molecule has 0 spiro atoms. The first kappa shape index (κ1) is 14.2. The molecule has 0 fully saturated rings. The van der Waals surface area contributed by atoms with Crippen LogP contribution in [0.5, 0.6) is 5.75 Å². The molecule has 0 radical (unpaired) electrons. The molecule has 1 heterocycles. The second kappa shape index (κ2) is 6.26. The number of nitrogens with one attached hydrogen (secondary N) is 1. The van der Waals surface area contributed by atoms with E-state index < -0.39 is 0 Å². The summed E-state index contributed by atoms with van der Waals surface area (Å²) in [5.41, 5.74) is 1.14. The number of aromatic amines is 1. The first-order valence-electron chi connectivity index (χ1n) is 5.76. The number of hydrogen-bond donors (Lipinski definition) is 1. The Hall–Kier alpha value is -2.26. The number of aromatic nitrogens is 2. The van der Waals surface area contributed by atoms with E-state index in [9.17, 15) is 4.79 Å². The highest BCUT2D eigenvalue weighted by Gasteiger charge is 2.17. The maximum absolute atomic E-state index is 12.3. The number of ether oxygens (including phenoxy) is 1. The molecule has 0 atom stereocenters. The fourth-order valence-electron chi connectivity index (χ4n) is 1.60. The van der Waals surface area contributed by atoms with E-state index in [1.54, 1.807) is 31.3 Å². The number of carbonyl (C=O) groups excluding carboxylic acids is 1. The third kappa shape index (κ3) is 3.00. The third-order valence-electron chi connectivity index (χ3n) is 2.66. The van der Waals surface area contributed by atoms with Crippen molar-refractivity contribution in [3.8, 4) is 18.1 Å². The summed E-state index contributed by atoms with van der Waals surface area (Å²) in [6.45, 7) is 0.217. The number of carbonyl (C=O) groups is 1. The second-order valence-electron chi connectivity index (χ2n) is 3.94. The van der Waals surface area contributed by atoms with Gasteiger partial charge in [0.15, 0.2) is 0 Å². The standard InChI is InChI=1S/C14H12BrN3O2/c1-3-8-20-11-6-4-10(5-7-11)18(2)14(19)13-12(15)9-16-17-13/h1,4-7,9H,8H2,2H3,(H,16,17). The minimum absolute atomic E-state index is 0.188. The van der Waals surface area contributed by atoms with Gasteiger partial charge in [-0.2, -0.15) is 5.10 Å². The van der Waals surface area contributed by atoms with E-state index in [4.69, 9.17) is 11.2 Å². The van der Waals surface area contributed by atoms with Crippen LogP contribution in [-0.4, -0.2) is 29.8 Å². The molecule has 5 nitrogen and oxygen atoms in total. The molecule has 0 bridgehead atoms. The first-order chi connectivity index (χ1) is 9.63. The molecule has 1 aromatic carbocycles. The molecular weight excluding hydrogens is 322 g/mol. The number of anilines is 1. The van der Waals surface area contributed by atoms with Crippen LogP contribution in [0.1, 0.15) is 10.5 Å². The molecule has 1 aromatic heterocycles. The van der Waals surface area contributed by atoms with Crippen LogP contribution in [0.15, 0.2) is 34.9 Å². The van der Waals surface area contributed by atoms with E-state index in [0.29, 0.717) is 15.9 Å². The van der Waals surface area contributed by atoms with Crippen molar-refractivity contribution in [2.24, 2.45) is 0 Å². The molecule has 102 valence electrons. The van der Waals surface area contributed by atoms with Crippen molar-refractivity contribution in [2.75, 3.05) is 18.6 Å². The number of hydrogen-bond acceptors (Lipinski definition) is 3. The molecule has 0 saturated carbocycles. The number of nitrogens with zero attached hydrogens (tertiary/aromatic N) is 2. The fraction of sp³-hybridized carbons (Fsp3) is 0.143. The summed E-state index contributed by atoms with van der Waals surface area (Å²) >= 11 is 3.27. The fourth-order valence-corrected chi connectivity index (χ4v) is 1.96. The maximum Gasteiger partial charge on any atom is 0.277 e. The largest absolute Gasteiger partial charge is 0.481 e. The molecular formula is C14H12BrN3O2. The number of terminal acetylenes is 1. The highest BCUT2D eigenvalue weighted by molar-refractivity contribution is 9.10. The summed E-state index contributed by atoms with van der Waals surface area (Å²) < 4.78 is 5.91. The smallest absolute Gasteiger partial charge is 0.277 e.